The van der Waals surface area contributed by atoms with Crippen molar-refractivity contribution in [3.8, 4) is 0 Å². The number of phosphoric ester groups is 3. The van der Waals surface area contributed by atoms with Crippen LogP contribution in [0.5, 0.6) is 0 Å². The second kappa shape index (κ2) is 29.2. The number of carbonyl (C=O) groups is 3. The molecule has 12 atom stereocenters. The fourth-order valence-electron chi connectivity index (χ4n) is 7.65. The Balaban J connectivity index is 1.03. The van der Waals surface area contributed by atoms with E-state index in [-0.39, 0.29) is 60.2 Å². The number of rotatable bonds is 33. The lowest BCUT2D eigenvalue weighted by atomic mass is 9.87. The molecule has 4 rings (SSSR count). The molecule has 2 aromatic rings. The number of aliphatic hydroxyl groups excluding tert-OH is 4. The Labute approximate surface area is 426 Å². The standard InChI is InChI=1S/C41H72N7O21P3S/c1-25(65-40-28(50)20-27(49)26(2)66-40)14-12-10-8-6-5-7-9-11-13-15-31(52)73-19-18-43-30(51)16-17-44-38(55)35(54)41(3,4)22-64-72(61,62)69-71(59,60)63-21-29-34(68-70(56,57)58)33(53)39(67-29)48-24-47-32-36(42)45-23-46-37(32)48/h23-29,33-35,39-40,49-50,53-54H,5-22H2,1-4H3,(H,43,51)(H,44,55)(H,59,60)(H,61,62)(H2,42,45,46)(H2,56,57,58)/p-4/t25-,26+,27-,28-,29-,33-,34-,35+,39-,40-/m1/s1. The number of nitrogens with two attached hydrogens (primary N) is 1. The van der Waals surface area contributed by atoms with Crippen molar-refractivity contribution in [2.75, 3.05) is 37.8 Å². The van der Waals surface area contributed by atoms with Gasteiger partial charge in [-0.25, -0.2) is 19.3 Å². The number of fused-ring (bicyclic) bond motifs is 1. The molecule has 2 aliphatic rings. The molecule has 2 unspecified atom stereocenters. The highest BCUT2D eigenvalue weighted by molar-refractivity contribution is 8.13. The number of aromatic nitrogens is 4. The van der Waals surface area contributed by atoms with Crippen LogP contribution < -0.4 is 35.9 Å². The molecule has 0 saturated carbocycles. The van der Waals surface area contributed by atoms with Crippen molar-refractivity contribution >= 4 is 69.1 Å². The molecule has 2 aromatic heterocycles. The number of carbonyl (C=O) groups excluding carboxylic acids is 3. The third kappa shape index (κ3) is 21.4. The SMILES string of the molecule is C[C@H](CCCCCCCCCCCC(=O)SCCNC(=O)CCNC(=O)[C@H](O)C(C)(C)COP(=O)([O-])OP(=O)([O-])OC[C@H]1O[C@@H](n2cnc3c(N)ncnc32)[C@H](O)[C@@H]1OP(=O)([O-])[O-])O[C@@H]1O[C@@H](C)[C@H](O)C[C@H]1O. The van der Waals surface area contributed by atoms with Crippen molar-refractivity contribution in [2.45, 2.75) is 173 Å². The van der Waals surface area contributed by atoms with Gasteiger partial charge < -0.3 is 88.7 Å². The zero-order chi connectivity index (χ0) is 54.1. The van der Waals surface area contributed by atoms with Crippen molar-refractivity contribution in [2.24, 2.45) is 5.41 Å². The molecule has 0 spiro atoms. The van der Waals surface area contributed by atoms with Crippen LogP contribution in [0.1, 0.15) is 117 Å². The van der Waals surface area contributed by atoms with E-state index < -0.39 is 103 Å². The van der Waals surface area contributed by atoms with E-state index in [9.17, 15) is 68.1 Å². The van der Waals surface area contributed by atoms with Gasteiger partial charge in [-0.2, -0.15) is 0 Å². The van der Waals surface area contributed by atoms with Crippen LogP contribution in [0.4, 0.5) is 5.82 Å². The van der Waals surface area contributed by atoms with Crippen molar-refractivity contribution in [1.29, 1.82) is 0 Å². The molecule has 28 nitrogen and oxygen atoms in total. The van der Waals surface area contributed by atoms with E-state index in [1.165, 1.54) is 13.8 Å². The summed E-state index contributed by atoms with van der Waals surface area (Å²) in [4.78, 5) is 97.0. The van der Waals surface area contributed by atoms with Gasteiger partial charge in [0.25, 0.3) is 15.6 Å². The Morgan fingerprint density at radius 1 is 0.904 bits per heavy atom. The number of hydrogen-bond donors (Lipinski definition) is 7. The third-order valence-electron chi connectivity index (χ3n) is 11.8. The summed E-state index contributed by atoms with van der Waals surface area (Å²) in [6, 6.07) is 0. The molecule has 0 bridgehead atoms. The zero-order valence-electron chi connectivity index (χ0n) is 41.0. The highest BCUT2D eigenvalue weighted by Gasteiger charge is 2.47. The highest BCUT2D eigenvalue weighted by Crippen LogP contribution is 2.56. The summed E-state index contributed by atoms with van der Waals surface area (Å²) >= 11 is 1.11. The maximum absolute atomic E-state index is 12.7. The molecular weight excluding hydrogens is 1050 g/mol. The van der Waals surface area contributed by atoms with Gasteiger partial charge in [-0.1, -0.05) is 77.0 Å². The molecule has 418 valence electrons. The topological polar surface area (TPSA) is 434 Å². The van der Waals surface area contributed by atoms with Crippen LogP contribution in [-0.4, -0.2) is 144 Å². The van der Waals surface area contributed by atoms with E-state index in [1.807, 2.05) is 6.92 Å². The Morgan fingerprint density at radius 2 is 1.55 bits per heavy atom. The Hall–Kier alpha value is -2.60. The summed E-state index contributed by atoms with van der Waals surface area (Å²) in [5.74, 6) is -1.21. The lowest BCUT2D eigenvalue weighted by molar-refractivity contribution is -0.347. The molecule has 2 saturated heterocycles. The number of thioether (sulfide) groups is 1. The summed E-state index contributed by atoms with van der Waals surface area (Å²) in [6.45, 7) is 3.80. The van der Waals surface area contributed by atoms with E-state index in [1.54, 1.807) is 6.92 Å². The molecule has 4 heterocycles. The van der Waals surface area contributed by atoms with Gasteiger partial charge in [-0.05, 0) is 26.7 Å². The first-order valence-electron chi connectivity index (χ1n) is 23.8. The number of hydrogen-bond acceptors (Lipinski definition) is 26. The van der Waals surface area contributed by atoms with Gasteiger partial charge in [-0.3, -0.25) is 28.1 Å². The van der Waals surface area contributed by atoms with Crippen molar-refractivity contribution in [1.82, 2.24) is 30.2 Å². The molecule has 2 fully saturated rings. The van der Waals surface area contributed by atoms with E-state index in [0.29, 0.717) is 12.2 Å². The number of phosphoric acid groups is 3. The van der Waals surface area contributed by atoms with Crippen LogP contribution in [-0.2, 0) is 60.2 Å². The molecule has 0 radical (unpaired) electrons. The summed E-state index contributed by atoms with van der Waals surface area (Å²) in [5.41, 5.74) is 4.06. The summed E-state index contributed by atoms with van der Waals surface area (Å²) in [7, 11) is -17.6. The fraction of sp³-hybridized carbons (Fsp3) is 0.805. The summed E-state index contributed by atoms with van der Waals surface area (Å²) in [6.07, 6.45) is 0.519. The quantitative estimate of drug-likeness (QED) is 0.0356. The molecular formula is C41H68N7O21P3S-4. The first-order valence-corrected chi connectivity index (χ1v) is 29.2. The van der Waals surface area contributed by atoms with Crippen LogP contribution in [0.15, 0.2) is 12.7 Å². The molecule has 32 heteroatoms. The number of unbranched alkanes of at least 4 members (excludes halogenated alkanes) is 8. The second-order valence-electron chi connectivity index (χ2n) is 18.5. The molecule has 73 heavy (non-hydrogen) atoms. The molecule has 2 aliphatic heterocycles. The Morgan fingerprint density at radius 3 is 2.22 bits per heavy atom. The number of amides is 2. The maximum atomic E-state index is 12.7. The van der Waals surface area contributed by atoms with E-state index in [0.717, 1.165) is 93.2 Å². The minimum atomic E-state index is -5.93. The molecule has 0 aromatic carbocycles. The predicted molar refractivity (Wildman–Crippen MR) is 251 cm³/mol. The number of nitrogens with one attached hydrogen (secondary N) is 2. The number of aliphatic hydroxyl groups is 4. The van der Waals surface area contributed by atoms with E-state index >= 15 is 0 Å². The molecule has 8 N–H and O–H groups in total. The van der Waals surface area contributed by atoms with Gasteiger partial charge in [-0.15, -0.1) is 0 Å². The number of ether oxygens (including phenoxy) is 3. The Bertz CT molecular complexity index is 2230. The van der Waals surface area contributed by atoms with Crippen LogP contribution in [0.2, 0.25) is 0 Å². The monoisotopic (exact) mass is 1120 g/mol. The number of anilines is 1. The maximum Gasteiger partial charge on any atom is 0.274 e. The smallest absolute Gasteiger partial charge is 0.274 e. The third-order valence-corrected chi connectivity index (χ3v) is 15.7. The summed E-state index contributed by atoms with van der Waals surface area (Å²) in [5, 5.41) is 46.4. The van der Waals surface area contributed by atoms with Crippen molar-refractivity contribution in [3.05, 3.63) is 12.7 Å². The van der Waals surface area contributed by atoms with Gasteiger partial charge in [0, 0.05) is 43.5 Å². The average Bonchev–Trinajstić information content (AvgIpc) is 3.86. The fourth-order valence-corrected chi connectivity index (χ4v) is 11.1. The van der Waals surface area contributed by atoms with Crippen LogP contribution >= 0.6 is 35.2 Å². The largest absolute Gasteiger partial charge is 0.790 e. The Kier molecular flexibility index (Phi) is 25.2. The first-order chi connectivity index (χ1) is 34.2. The molecule has 0 aliphatic carbocycles. The van der Waals surface area contributed by atoms with Crippen molar-refractivity contribution < 1.29 is 100 Å². The normalized spacial score (nSPS) is 25.2. The van der Waals surface area contributed by atoms with Gasteiger partial charge in [0.15, 0.2) is 29.1 Å². The predicted octanol–water partition coefficient (Wildman–Crippen LogP) is -0.310. The number of nitrogen functional groups attached to an aromatic ring is 1. The molecule has 2 amide bonds. The van der Waals surface area contributed by atoms with E-state index in [2.05, 4.69) is 43.5 Å². The summed E-state index contributed by atoms with van der Waals surface area (Å²) < 4.78 is 72.3. The zero-order valence-corrected chi connectivity index (χ0v) is 44.5. The van der Waals surface area contributed by atoms with Crippen molar-refractivity contribution in [3.63, 3.8) is 0 Å². The van der Waals surface area contributed by atoms with Gasteiger partial charge in [0.05, 0.1) is 45.7 Å². The van der Waals surface area contributed by atoms with Gasteiger partial charge in [0.1, 0.15) is 42.4 Å². The second-order valence-corrected chi connectivity index (χ2v) is 23.7. The lowest BCUT2D eigenvalue weighted by Crippen LogP contribution is -2.48. The minimum absolute atomic E-state index is 0.0183. The number of imidazole rings is 1. The highest BCUT2D eigenvalue weighted by atomic mass is 32.2. The van der Waals surface area contributed by atoms with Crippen LogP contribution in [0, 0.1) is 5.41 Å². The lowest BCUT2D eigenvalue weighted by Gasteiger charge is -2.36. The van der Waals surface area contributed by atoms with Crippen LogP contribution in [0.3, 0.4) is 0 Å². The minimum Gasteiger partial charge on any atom is -0.790 e. The van der Waals surface area contributed by atoms with E-state index in [4.69, 9.17) is 19.9 Å². The van der Waals surface area contributed by atoms with Crippen LogP contribution in [0.25, 0.3) is 11.2 Å². The average molecular weight is 1120 g/mol. The first kappa shape index (κ1) is 62.9. The number of nitrogens with zero attached hydrogens (tertiary/aromatic N) is 4. The van der Waals surface area contributed by atoms with Gasteiger partial charge in [0.2, 0.25) is 11.8 Å². The van der Waals surface area contributed by atoms with Gasteiger partial charge >= 0.3 is 0 Å².